The Balaban J connectivity index is 1.85. The first-order valence-electron chi connectivity index (χ1n) is 7.04. The van der Waals surface area contributed by atoms with E-state index in [-0.39, 0.29) is 12.0 Å². The van der Waals surface area contributed by atoms with Crippen LogP contribution in [0.4, 0.5) is 0 Å². The fourth-order valence-electron chi connectivity index (χ4n) is 2.69. The quantitative estimate of drug-likeness (QED) is 0.839. The Labute approximate surface area is 117 Å². The van der Waals surface area contributed by atoms with Crippen LogP contribution >= 0.6 is 0 Å². The van der Waals surface area contributed by atoms with Crippen LogP contribution in [-0.4, -0.2) is 43.5 Å². The van der Waals surface area contributed by atoms with Gasteiger partial charge in [-0.2, -0.15) is 0 Å². The Morgan fingerprint density at radius 2 is 2.25 bits per heavy atom. The molecule has 0 aromatic heterocycles. The predicted molar refractivity (Wildman–Crippen MR) is 72.6 cm³/mol. The molecular formula is C15H19NO4. The standard InChI is InChI=1S/C15H19NO4/c17-14(13-9-19-6-7-20-13)11-4-3-10-2-1-5-16-15(18)12(10)8-11/h3-4,8,13-14,17H,1-2,5-7,9H2,(H,16,18). The molecule has 0 saturated carbocycles. The number of carbonyl (C=O) groups excluding carboxylic acids is 1. The Morgan fingerprint density at radius 3 is 3.05 bits per heavy atom. The lowest BCUT2D eigenvalue weighted by Gasteiger charge is -2.27. The van der Waals surface area contributed by atoms with Crippen molar-refractivity contribution in [2.24, 2.45) is 0 Å². The van der Waals surface area contributed by atoms with E-state index >= 15 is 0 Å². The van der Waals surface area contributed by atoms with Crippen molar-refractivity contribution in [3.8, 4) is 0 Å². The average molecular weight is 277 g/mol. The molecule has 2 heterocycles. The molecule has 5 heteroatoms. The van der Waals surface area contributed by atoms with E-state index in [1.807, 2.05) is 12.1 Å². The second-order valence-electron chi connectivity index (χ2n) is 5.21. The third-order valence-corrected chi connectivity index (χ3v) is 3.82. The zero-order chi connectivity index (χ0) is 13.9. The van der Waals surface area contributed by atoms with Gasteiger partial charge < -0.3 is 19.9 Å². The van der Waals surface area contributed by atoms with E-state index in [2.05, 4.69) is 5.32 Å². The molecule has 3 rings (SSSR count). The van der Waals surface area contributed by atoms with E-state index < -0.39 is 6.10 Å². The molecule has 2 unspecified atom stereocenters. The summed E-state index contributed by atoms with van der Waals surface area (Å²) in [6, 6.07) is 5.58. The summed E-state index contributed by atoms with van der Waals surface area (Å²) in [5.41, 5.74) is 2.41. The van der Waals surface area contributed by atoms with Gasteiger partial charge in [0.2, 0.25) is 0 Å². The van der Waals surface area contributed by atoms with Crippen molar-refractivity contribution in [3.63, 3.8) is 0 Å². The fraction of sp³-hybridized carbons (Fsp3) is 0.533. The molecule has 0 spiro atoms. The minimum atomic E-state index is -0.767. The monoisotopic (exact) mass is 277 g/mol. The Hall–Kier alpha value is -1.43. The number of nitrogens with one attached hydrogen (secondary N) is 1. The summed E-state index contributed by atoms with van der Waals surface area (Å²) in [6.07, 6.45) is 0.695. The molecule has 0 aliphatic carbocycles. The third kappa shape index (κ3) is 2.70. The average Bonchev–Trinajstić information content (AvgIpc) is 2.69. The molecule has 1 aromatic rings. The van der Waals surface area contributed by atoms with E-state index in [9.17, 15) is 9.90 Å². The molecular weight excluding hydrogens is 258 g/mol. The molecule has 1 aromatic carbocycles. The number of amides is 1. The predicted octanol–water partition coefficient (Wildman–Crippen LogP) is 0.811. The van der Waals surface area contributed by atoms with E-state index in [0.717, 1.165) is 18.4 Å². The first-order valence-corrected chi connectivity index (χ1v) is 7.04. The molecule has 1 saturated heterocycles. The van der Waals surface area contributed by atoms with Crippen LogP contribution in [0, 0.1) is 0 Å². The summed E-state index contributed by atoms with van der Waals surface area (Å²) in [7, 11) is 0. The lowest BCUT2D eigenvalue weighted by Crippen LogP contribution is -2.34. The summed E-state index contributed by atoms with van der Waals surface area (Å²) in [5.74, 6) is -0.0626. The number of aryl methyl sites for hydroxylation is 1. The van der Waals surface area contributed by atoms with Crippen molar-refractivity contribution in [2.45, 2.75) is 25.0 Å². The SMILES string of the molecule is O=C1NCCCc2ccc(C(O)C3COCCO3)cc21. The van der Waals surface area contributed by atoms with Crippen LogP contribution in [-0.2, 0) is 15.9 Å². The van der Waals surface area contributed by atoms with Crippen LogP contribution in [0.15, 0.2) is 18.2 Å². The number of benzene rings is 1. The topological polar surface area (TPSA) is 67.8 Å². The highest BCUT2D eigenvalue weighted by molar-refractivity contribution is 5.96. The van der Waals surface area contributed by atoms with Gasteiger partial charge in [0.25, 0.3) is 5.91 Å². The van der Waals surface area contributed by atoms with Crippen LogP contribution in [0.5, 0.6) is 0 Å². The van der Waals surface area contributed by atoms with Crippen molar-refractivity contribution in [3.05, 3.63) is 34.9 Å². The highest BCUT2D eigenvalue weighted by Gasteiger charge is 2.26. The van der Waals surface area contributed by atoms with Crippen molar-refractivity contribution >= 4 is 5.91 Å². The van der Waals surface area contributed by atoms with Crippen molar-refractivity contribution in [1.29, 1.82) is 0 Å². The molecule has 2 aliphatic heterocycles. The minimum Gasteiger partial charge on any atom is -0.386 e. The van der Waals surface area contributed by atoms with Crippen LogP contribution in [0.3, 0.4) is 0 Å². The number of fused-ring (bicyclic) bond motifs is 1. The van der Waals surface area contributed by atoms with E-state index in [4.69, 9.17) is 9.47 Å². The molecule has 2 aliphatic rings. The van der Waals surface area contributed by atoms with Gasteiger partial charge in [0.05, 0.1) is 19.8 Å². The number of hydrogen-bond acceptors (Lipinski definition) is 4. The van der Waals surface area contributed by atoms with Crippen LogP contribution in [0.2, 0.25) is 0 Å². The zero-order valence-corrected chi connectivity index (χ0v) is 11.3. The first-order chi connectivity index (χ1) is 9.75. The summed E-state index contributed by atoms with van der Waals surface area (Å²) in [6.45, 7) is 2.14. The highest BCUT2D eigenvalue weighted by Crippen LogP contribution is 2.25. The van der Waals surface area contributed by atoms with E-state index in [1.165, 1.54) is 0 Å². The maximum Gasteiger partial charge on any atom is 0.251 e. The molecule has 2 N–H and O–H groups in total. The van der Waals surface area contributed by atoms with Crippen molar-refractivity contribution < 1.29 is 19.4 Å². The zero-order valence-electron chi connectivity index (χ0n) is 11.3. The van der Waals surface area contributed by atoms with E-state index in [0.29, 0.717) is 37.5 Å². The molecule has 0 radical (unpaired) electrons. The number of hydrogen-bond donors (Lipinski definition) is 2. The second-order valence-corrected chi connectivity index (χ2v) is 5.21. The van der Waals surface area contributed by atoms with Gasteiger partial charge in [0.1, 0.15) is 12.2 Å². The first kappa shape index (κ1) is 13.5. The summed E-state index contributed by atoms with van der Waals surface area (Å²) in [5, 5.41) is 13.2. The number of aliphatic hydroxyl groups is 1. The molecule has 20 heavy (non-hydrogen) atoms. The molecule has 5 nitrogen and oxygen atoms in total. The summed E-state index contributed by atoms with van der Waals surface area (Å²) >= 11 is 0. The number of carbonyl (C=O) groups is 1. The highest BCUT2D eigenvalue weighted by atomic mass is 16.6. The minimum absolute atomic E-state index is 0.0626. The van der Waals surface area contributed by atoms with Crippen molar-refractivity contribution in [2.75, 3.05) is 26.4 Å². The maximum atomic E-state index is 12.0. The molecule has 1 amide bonds. The summed E-state index contributed by atoms with van der Waals surface area (Å²) < 4.78 is 10.8. The van der Waals surface area contributed by atoms with Gasteiger partial charge in [0, 0.05) is 12.1 Å². The van der Waals surface area contributed by atoms with Crippen LogP contribution < -0.4 is 5.32 Å². The van der Waals surface area contributed by atoms with E-state index in [1.54, 1.807) is 6.07 Å². The normalized spacial score (nSPS) is 24.4. The van der Waals surface area contributed by atoms with Gasteiger partial charge in [-0.15, -0.1) is 0 Å². The van der Waals surface area contributed by atoms with Crippen LogP contribution in [0.25, 0.3) is 0 Å². The fourth-order valence-corrected chi connectivity index (χ4v) is 2.69. The lowest BCUT2D eigenvalue weighted by molar-refractivity contribution is -0.133. The number of ether oxygens (including phenoxy) is 2. The van der Waals surface area contributed by atoms with Gasteiger partial charge in [-0.05, 0) is 30.0 Å². The molecule has 2 atom stereocenters. The third-order valence-electron chi connectivity index (χ3n) is 3.82. The molecule has 1 fully saturated rings. The molecule has 108 valence electrons. The van der Waals surface area contributed by atoms with Gasteiger partial charge in [-0.1, -0.05) is 12.1 Å². The van der Waals surface area contributed by atoms with Gasteiger partial charge in [0.15, 0.2) is 0 Å². The Kier molecular flexibility index (Phi) is 4.00. The van der Waals surface area contributed by atoms with Gasteiger partial charge in [-0.25, -0.2) is 0 Å². The van der Waals surface area contributed by atoms with Gasteiger partial charge in [-0.3, -0.25) is 4.79 Å². The second kappa shape index (κ2) is 5.91. The molecule has 0 bridgehead atoms. The number of rotatable bonds is 2. The van der Waals surface area contributed by atoms with Crippen LogP contribution in [0.1, 0.15) is 34.0 Å². The van der Waals surface area contributed by atoms with Gasteiger partial charge >= 0.3 is 0 Å². The Bertz CT molecular complexity index is 497. The number of aliphatic hydroxyl groups excluding tert-OH is 1. The largest absolute Gasteiger partial charge is 0.386 e. The smallest absolute Gasteiger partial charge is 0.251 e. The lowest BCUT2D eigenvalue weighted by atomic mass is 9.96. The maximum absolute atomic E-state index is 12.0. The van der Waals surface area contributed by atoms with Crippen molar-refractivity contribution in [1.82, 2.24) is 5.32 Å². The summed E-state index contributed by atoms with van der Waals surface area (Å²) in [4.78, 5) is 12.0. The Morgan fingerprint density at radius 1 is 1.35 bits per heavy atom.